The van der Waals surface area contributed by atoms with Crippen LogP contribution in [0.15, 0.2) is 36.4 Å². The number of carboxylic acids is 1. The number of rotatable bonds is 4. The summed E-state index contributed by atoms with van der Waals surface area (Å²) in [6.07, 6.45) is -5.28. The highest BCUT2D eigenvalue weighted by atomic mass is 35.5. The quantitative estimate of drug-likeness (QED) is 0.473. The first-order valence-electron chi connectivity index (χ1n) is 9.13. The van der Waals surface area contributed by atoms with Gasteiger partial charge in [0.15, 0.2) is 5.82 Å². The molecule has 2 heterocycles. The molecule has 1 aliphatic heterocycles. The number of thioether (sulfide) groups is 1. The Bertz CT molecular complexity index is 1200. The lowest BCUT2D eigenvalue weighted by Gasteiger charge is -2.22. The molecule has 0 saturated carbocycles. The van der Waals surface area contributed by atoms with Gasteiger partial charge in [-0.2, -0.15) is 13.2 Å². The molecule has 6 nitrogen and oxygen atoms in total. The molecule has 2 aromatic carbocycles. The molecule has 1 N–H and O–H groups in total. The summed E-state index contributed by atoms with van der Waals surface area (Å²) in [6, 6.07) is 9.49. The van der Waals surface area contributed by atoms with Gasteiger partial charge in [-0.25, -0.2) is 0 Å². The van der Waals surface area contributed by atoms with Crippen molar-refractivity contribution in [2.75, 3.05) is 7.11 Å². The molecule has 4 rings (SSSR count). The van der Waals surface area contributed by atoms with Gasteiger partial charge in [0.1, 0.15) is 5.75 Å². The maximum atomic E-state index is 13.8. The summed E-state index contributed by atoms with van der Waals surface area (Å²) in [6.45, 7) is 0. The van der Waals surface area contributed by atoms with Crippen molar-refractivity contribution in [3.05, 3.63) is 69.2 Å². The Morgan fingerprint density at radius 1 is 1.22 bits per heavy atom. The summed E-state index contributed by atoms with van der Waals surface area (Å²) in [4.78, 5) is 11.6. The molecule has 2 atom stereocenters. The number of halogens is 5. The van der Waals surface area contributed by atoms with Crippen molar-refractivity contribution in [2.45, 2.75) is 23.1 Å². The predicted molar refractivity (Wildman–Crippen MR) is 114 cm³/mol. The number of alkyl halides is 3. The van der Waals surface area contributed by atoms with Crippen LogP contribution < -0.4 is 4.74 Å². The fourth-order valence-corrected chi connectivity index (χ4v) is 5.67. The average molecular weight is 504 g/mol. The van der Waals surface area contributed by atoms with Crippen LogP contribution in [-0.2, 0) is 11.0 Å². The zero-order chi connectivity index (χ0) is 23.2. The van der Waals surface area contributed by atoms with Crippen LogP contribution in [0.5, 0.6) is 5.75 Å². The van der Waals surface area contributed by atoms with Crippen molar-refractivity contribution in [3.63, 3.8) is 0 Å². The second-order valence-electron chi connectivity index (χ2n) is 6.88. The van der Waals surface area contributed by atoms with Crippen LogP contribution in [-0.4, -0.2) is 33.0 Å². The van der Waals surface area contributed by atoms with Crippen molar-refractivity contribution < 1.29 is 27.8 Å². The predicted octanol–water partition coefficient (Wildman–Crippen LogP) is 5.95. The zero-order valence-electron chi connectivity index (χ0n) is 16.2. The van der Waals surface area contributed by atoms with Crippen molar-refractivity contribution in [2.24, 2.45) is 0 Å². The molecule has 1 aliphatic rings. The normalized spacial score (nSPS) is 17.9. The number of carbonyl (C=O) groups is 1. The van der Waals surface area contributed by atoms with Gasteiger partial charge in [-0.3, -0.25) is 9.36 Å². The molecule has 168 valence electrons. The molecule has 12 heteroatoms. The van der Waals surface area contributed by atoms with Gasteiger partial charge in [-0.05, 0) is 35.4 Å². The van der Waals surface area contributed by atoms with E-state index in [9.17, 15) is 23.1 Å². The molecule has 2 unspecified atom stereocenters. The molecule has 0 radical (unpaired) electrons. The van der Waals surface area contributed by atoms with Gasteiger partial charge in [0.25, 0.3) is 0 Å². The molecule has 3 aromatic rings. The van der Waals surface area contributed by atoms with E-state index in [2.05, 4.69) is 10.2 Å². The number of aliphatic carboxylic acids is 1. The first-order valence-corrected chi connectivity index (χ1v) is 10.8. The Kier molecular flexibility index (Phi) is 6.04. The van der Waals surface area contributed by atoms with Crippen LogP contribution in [0.4, 0.5) is 13.2 Å². The van der Waals surface area contributed by atoms with E-state index < -0.39 is 34.9 Å². The van der Waals surface area contributed by atoms with E-state index in [-0.39, 0.29) is 16.5 Å². The fourth-order valence-electron chi connectivity index (χ4n) is 3.59. The number of nitrogens with zero attached hydrogens (tertiary/aromatic N) is 3. The molecular weight excluding hydrogens is 490 g/mol. The summed E-state index contributed by atoms with van der Waals surface area (Å²) in [7, 11) is 1.44. The van der Waals surface area contributed by atoms with Gasteiger partial charge in [-0.1, -0.05) is 35.3 Å². The van der Waals surface area contributed by atoms with Crippen LogP contribution in [0.25, 0.3) is 5.69 Å². The number of carboxylic acid groups (broad SMARTS) is 1. The van der Waals surface area contributed by atoms with Gasteiger partial charge >= 0.3 is 12.1 Å². The topological polar surface area (TPSA) is 77.2 Å². The first kappa shape index (κ1) is 22.8. The Morgan fingerprint density at radius 2 is 1.97 bits per heavy atom. The molecule has 0 aliphatic carbocycles. The minimum atomic E-state index is -4.81. The van der Waals surface area contributed by atoms with E-state index in [0.29, 0.717) is 21.9 Å². The lowest BCUT2D eigenvalue weighted by Crippen LogP contribution is -2.16. The van der Waals surface area contributed by atoms with Gasteiger partial charge in [0.2, 0.25) is 5.82 Å². The zero-order valence-corrected chi connectivity index (χ0v) is 18.6. The lowest BCUT2D eigenvalue weighted by molar-refractivity contribution is -0.146. The third-order valence-electron chi connectivity index (χ3n) is 4.90. The largest absolute Gasteiger partial charge is 0.495 e. The molecule has 0 saturated heterocycles. The van der Waals surface area contributed by atoms with Crippen LogP contribution in [0.3, 0.4) is 0 Å². The number of ether oxygens (including phenoxy) is 1. The number of hydrogen-bond acceptors (Lipinski definition) is 5. The summed E-state index contributed by atoms with van der Waals surface area (Å²) in [5.74, 6) is -2.17. The van der Waals surface area contributed by atoms with E-state index in [4.69, 9.17) is 27.9 Å². The summed E-state index contributed by atoms with van der Waals surface area (Å²) in [5.41, 5.74) is 1.10. The second-order valence-corrected chi connectivity index (χ2v) is 9.01. The maximum absolute atomic E-state index is 13.8. The third kappa shape index (κ3) is 4.02. The highest BCUT2D eigenvalue weighted by molar-refractivity contribution is 8.00. The van der Waals surface area contributed by atoms with Crippen LogP contribution in [0.1, 0.15) is 39.7 Å². The standard InChI is InChI=1S/C20H14Cl2F3N3O3S/c1-31-13-4-2-3-10(16(13)22)17-11-7-9(21)5-6-12(11)28-18(14(32-17)8-15(29)30)26-27-19(28)20(23,24)25/h2-7,14,17H,8H2,1H3,(H,29,30). The number of benzene rings is 2. The molecule has 0 amide bonds. The van der Waals surface area contributed by atoms with Crippen LogP contribution >= 0.6 is 35.0 Å². The van der Waals surface area contributed by atoms with E-state index in [1.807, 2.05) is 0 Å². The van der Waals surface area contributed by atoms with Crippen molar-refractivity contribution in [1.29, 1.82) is 0 Å². The Balaban J connectivity index is 2.03. The smallest absolute Gasteiger partial charge is 0.452 e. The van der Waals surface area contributed by atoms with Crippen molar-refractivity contribution in [3.8, 4) is 11.4 Å². The average Bonchev–Trinajstić information content (AvgIpc) is 3.12. The number of hydrogen-bond donors (Lipinski definition) is 1. The van der Waals surface area contributed by atoms with Crippen molar-refractivity contribution >= 4 is 40.9 Å². The fraction of sp³-hybridized carbons (Fsp3) is 0.250. The Morgan fingerprint density at radius 3 is 2.62 bits per heavy atom. The van der Waals surface area contributed by atoms with Crippen LogP contribution in [0, 0.1) is 0 Å². The second kappa shape index (κ2) is 8.49. The van der Waals surface area contributed by atoms with E-state index in [1.54, 1.807) is 18.2 Å². The van der Waals surface area contributed by atoms with Crippen LogP contribution in [0.2, 0.25) is 10.0 Å². The van der Waals surface area contributed by atoms with E-state index >= 15 is 0 Å². The van der Waals surface area contributed by atoms with Gasteiger partial charge < -0.3 is 9.84 Å². The molecular formula is C20H14Cl2F3N3O3S. The Hall–Kier alpha value is -2.43. The van der Waals surface area contributed by atoms with E-state index in [0.717, 1.165) is 16.3 Å². The number of fused-ring (bicyclic) bond motifs is 3. The van der Waals surface area contributed by atoms with E-state index in [1.165, 1.54) is 25.3 Å². The minimum absolute atomic E-state index is 0.116. The van der Waals surface area contributed by atoms with Gasteiger partial charge in [-0.15, -0.1) is 22.0 Å². The highest BCUT2D eigenvalue weighted by Gasteiger charge is 2.43. The molecule has 0 spiro atoms. The van der Waals surface area contributed by atoms with Gasteiger partial charge in [0.05, 0.1) is 34.7 Å². The first-order chi connectivity index (χ1) is 15.1. The minimum Gasteiger partial charge on any atom is -0.495 e. The SMILES string of the molecule is COc1cccc(C2SC(CC(=O)O)c3nnc(C(F)(F)F)n3-c3ccc(Cl)cc32)c1Cl. The summed E-state index contributed by atoms with van der Waals surface area (Å²) < 4.78 is 47.5. The molecule has 32 heavy (non-hydrogen) atoms. The highest BCUT2D eigenvalue weighted by Crippen LogP contribution is 2.53. The third-order valence-corrected chi connectivity index (χ3v) is 7.02. The molecule has 1 aromatic heterocycles. The summed E-state index contributed by atoms with van der Waals surface area (Å²) in [5, 5.41) is 15.5. The molecule has 0 fully saturated rings. The molecule has 0 bridgehead atoms. The monoisotopic (exact) mass is 503 g/mol. The van der Waals surface area contributed by atoms with Crippen molar-refractivity contribution in [1.82, 2.24) is 14.8 Å². The number of aromatic nitrogens is 3. The summed E-state index contributed by atoms with van der Waals surface area (Å²) >= 11 is 13.9. The lowest BCUT2D eigenvalue weighted by atomic mass is 10.0. The maximum Gasteiger partial charge on any atom is 0.452 e. The Labute approximate surface area is 194 Å². The van der Waals surface area contributed by atoms with Gasteiger partial charge in [0, 0.05) is 5.02 Å². The number of methoxy groups -OCH3 is 1.